The lowest BCUT2D eigenvalue weighted by Gasteiger charge is -2.32. The van der Waals surface area contributed by atoms with E-state index in [1.165, 1.54) is 26.3 Å². The van der Waals surface area contributed by atoms with Crippen molar-refractivity contribution in [3.63, 3.8) is 0 Å². The summed E-state index contributed by atoms with van der Waals surface area (Å²) in [5.41, 5.74) is -0.555. The van der Waals surface area contributed by atoms with Crippen LogP contribution in [0.3, 0.4) is 0 Å². The largest absolute Gasteiger partial charge is 0.490 e. The molecule has 6 heteroatoms. The van der Waals surface area contributed by atoms with Crippen LogP contribution in [-0.2, 0) is 11.0 Å². The number of nitrogens with zero attached hydrogens (tertiary/aromatic N) is 1. The summed E-state index contributed by atoms with van der Waals surface area (Å²) in [5, 5.41) is 0. The highest BCUT2D eigenvalue weighted by molar-refractivity contribution is 5.73. The number of halogens is 3. The highest BCUT2D eigenvalue weighted by Gasteiger charge is 2.33. The van der Waals surface area contributed by atoms with Gasteiger partial charge in [-0.25, -0.2) is 0 Å². The second-order valence-corrected chi connectivity index (χ2v) is 5.96. The van der Waals surface area contributed by atoms with Gasteiger partial charge in [-0.1, -0.05) is 40.2 Å². The van der Waals surface area contributed by atoms with Crippen molar-refractivity contribution in [2.75, 3.05) is 13.1 Å². The number of amides is 1. The zero-order valence-corrected chi connectivity index (χ0v) is 16.7. The van der Waals surface area contributed by atoms with Crippen molar-refractivity contribution < 1.29 is 22.7 Å². The Bertz CT molecular complexity index is 536. The average molecular weight is 375 g/mol. The quantitative estimate of drug-likeness (QED) is 0.649. The summed E-state index contributed by atoms with van der Waals surface area (Å²) in [4.78, 5) is 13.0. The smallest absolute Gasteiger partial charge is 0.416 e. The molecular weight excluding hydrogens is 343 g/mol. The van der Waals surface area contributed by atoms with Crippen LogP contribution in [0.5, 0.6) is 5.75 Å². The standard InChI is InChI=1S/C15H18F3NO2.C3H8.C2H6/c1-10-13(15(16,17)18)4-3-5-14(10)21-12-6-8-19(9-7-12)11(2)20;1-3-2;1-2/h3-5,12H,6-9H2,1-2H3;3H2,1-2H3;1-2H3. The van der Waals surface area contributed by atoms with E-state index in [1.807, 2.05) is 13.8 Å². The fraction of sp³-hybridized carbons (Fsp3) is 0.650. The third-order valence-electron chi connectivity index (χ3n) is 3.77. The molecule has 1 saturated heterocycles. The summed E-state index contributed by atoms with van der Waals surface area (Å²) in [6.07, 6.45) is -2.01. The zero-order chi connectivity index (χ0) is 20.3. The molecule has 0 aliphatic carbocycles. The second kappa shape index (κ2) is 11.8. The number of carbonyl (C=O) groups is 1. The van der Waals surface area contributed by atoms with Gasteiger partial charge >= 0.3 is 6.18 Å². The topological polar surface area (TPSA) is 29.5 Å². The Morgan fingerprint density at radius 2 is 1.69 bits per heavy atom. The van der Waals surface area contributed by atoms with Crippen molar-refractivity contribution in [3.05, 3.63) is 29.3 Å². The van der Waals surface area contributed by atoms with Gasteiger partial charge in [0.25, 0.3) is 0 Å². The van der Waals surface area contributed by atoms with E-state index in [2.05, 4.69) is 13.8 Å². The zero-order valence-electron chi connectivity index (χ0n) is 16.7. The molecule has 150 valence electrons. The molecule has 2 rings (SSSR count). The van der Waals surface area contributed by atoms with Gasteiger partial charge in [0.05, 0.1) is 5.56 Å². The fourth-order valence-electron chi connectivity index (χ4n) is 2.52. The molecule has 3 nitrogen and oxygen atoms in total. The van der Waals surface area contributed by atoms with Gasteiger partial charge in [0.1, 0.15) is 11.9 Å². The highest BCUT2D eigenvalue weighted by Crippen LogP contribution is 2.36. The maximum atomic E-state index is 12.8. The Balaban J connectivity index is 0.00000113. The van der Waals surface area contributed by atoms with E-state index in [0.29, 0.717) is 25.9 Å². The van der Waals surface area contributed by atoms with E-state index in [9.17, 15) is 18.0 Å². The SMILES string of the molecule is CC.CC(=O)N1CCC(Oc2cccc(C(F)(F)F)c2C)CC1.CCC. The number of rotatable bonds is 2. The molecule has 1 aromatic rings. The molecule has 1 aromatic carbocycles. The molecule has 0 N–H and O–H groups in total. The lowest BCUT2D eigenvalue weighted by atomic mass is 10.1. The lowest BCUT2D eigenvalue weighted by Crippen LogP contribution is -2.40. The maximum absolute atomic E-state index is 12.8. The Hall–Kier alpha value is -1.72. The lowest BCUT2D eigenvalue weighted by molar-refractivity contribution is -0.138. The second-order valence-electron chi connectivity index (χ2n) is 5.96. The first-order chi connectivity index (χ1) is 12.2. The van der Waals surface area contributed by atoms with Crippen molar-refractivity contribution in [3.8, 4) is 5.75 Å². The third-order valence-corrected chi connectivity index (χ3v) is 3.77. The van der Waals surface area contributed by atoms with Crippen molar-refractivity contribution in [1.29, 1.82) is 0 Å². The summed E-state index contributed by atoms with van der Waals surface area (Å²) < 4.78 is 44.3. The molecule has 0 spiro atoms. The molecule has 0 saturated carbocycles. The van der Waals surface area contributed by atoms with Crippen LogP contribution in [0.15, 0.2) is 18.2 Å². The van der Waals surface area contributed by atoms with Gasteiger partial charge in [0.2, 0.25) is 5.91 Å². The summed E-state index contributed by atoms with van der Waals surface area (Å²) in [7, 11) is 0. The van der Waals surface area contributed by atoms with Crippen LogP contribution >= 0.6 is 0 Å². The third kappa shape index (κ3) is 7.67. The predicted octanol–water partition coefficient (Wildman–Crippen LogP) is 5.85. The van der Waals surface area contributed by atoms with Crippen LogP contribution < -0.4 is 4.74 Å². The number of hydrogen-bond acceptors (Lipinski definition) is 2. The summed E-state index contributed by atoms with van der Waals surface area (Å²) >= 11 is 0. The molecule has 1 aliphatic heterocycles. The van der Waals surface area contributed by atoms with Gasteiger partial charge in [-0.2, -0.15) is 13.2 Å². The number of alkyl halides is 3. The summed E-state index contributed by atoms with van der Waals surface area (Å²) in [6.45, 7) is 12.3. The van der Waals surface area contributed by atoms with Gasteiger partial charge in [-0.05, 0) is 19.1 Å². The minimum atomic E-state index is -4.37. The van der Waals surface area contributed by atoms with Crippen LogP contribution in [0.25, 0.3) is 0 Å². The molecular formula is C20H32F3NO2. The number of piperidine rings is 1. The fourth-order valence-corrected chi connectivity index (χ4v) is 2.52. The maximum Gasteiger partial charge on any atom is 0.416 e. The van der Waals surface area contributed by atoms with Crippen LogP contribution in [0.1, 0.15) is 65.0 Å². The minimum Gasteiger partial charge on any atom is -0.490 e. The van der Waals surface area contributed by atoms with E-state index < -0.39 is 11.7 Å². The molecule has 1 fully saturated rings. The van der Waals surface area contributed by atoms with Crippen molar-refractivity contribution in [2.45, 2.75) is 73.1 Å². The van der Waals surface area contributed by atoms with Gasteiger partial charge in [-0.3, -0.25) is 4.79 Å². The molecule has 26 heavy (non-hydrogen) atoms. The Morgan fingerprint density at radius 3 is 2.12 bits per heavy atom. The normalized spacial score (nSPS) is 14.6. The van der Waals surface area contributed by atoms with E-state index in [1.54, 1.807) is 11.0 Å². The van der Waals surface area contributed by atoms with E-state index in [-0.39, 0.29) is 23.3 Å². The molecule has 0 radical (unpaired) electrons. The van der Waals surface area contributed by atoms with Crippen molar-refractivity contribution >= 4 is 5.91 Å². The van der Waals surface area contributed by atoms with Crippen molar-refractivity contribution in [1.82, 2.24) is 4.90 Å². The Labute approximate surface area is 155 Å². The predicted molar refractivity (Wildman–Crippen MR) is 99.4 cm³/mol. The molecule has 1 amide bonds. The van der Waals surface area contributed by atoms with Crippen LogP contribution in [0.2, 0.25) is 0 Å². The summed E-state index contributed by atoms with van der Waals surface area (Å²) in [6, 6.07) is 3.97. The summed E-state index contributed by atoms with van der Waals surface area (Å²) in [5.74, 6) is 0.287. The Morgan fingerprint density at radius 1 is 1.19 bits per heavy atom. The molecule has 0 unspecified atom stereocenters. The van der Waals surface area contributed by atoms with Crippen molar-refractivity contribution in [2.24, 2.45) is 0 Å². The minimum absolute atomic E-state index is 0.0173. The van der Waals surface area contributed by atoms with Gasteiger partial charge in [0, 0.05) is 38.4 Å². The molecule has 1 aliphatic rings. The first kappa shape index (κ1) is 24.3. The van der Waals surface area contributed by atoms with Crippen LogP contribution in [0.4, 0.5) is 13.2 Å². The molecule has 0 bridgehead atoms. The highest BCUT2D eigenvalue weighted by atomic mass is 19.4. The number of ether oxygens (including phenoxy) is 1. The number of carbonyl (C=O) groups excluding carboxylic acids is 1. The monoisotopic (exact) mass is 375 g/mol. The molecule has 0 aromatic heterocycles. The number of likely N-dealkylation sites (tertiary alicyclic amines) is 1. The van der Waals surface area contributed by atoms with E-state index >= 15 is 0 Å². The average Bonchev–Trinajstić information content (AvgIpc) is 2.59. The molecule has 1 heterocycles. The van der Waals surface area contributed by atoms with Crippen LogP contribution in [0, 0.1) is 6.92 Å². The van der Waals surface area contributed by atoms with Gasteiger partial charge < -0.3 is 9.64 Å². The first-order valence-corrected chi connectivity index (χ1v) is 9.29. The van der Waals surface area contributed by atoms with E-state index in [4.69, 9.17) is 4.74 Å². The van der Waals surface area contributed by atoms with E-state index in [0.717, 1.165) is 6.07 Å². The van der Waals surface area contributed by atoms with Crippen LogP contribution in [-0.4, -0.2) is 30.0 Å². The number of hydrogen-bond donors (Lipinski definition) is 0. The van der Waals surface area contributed by atoms with Gasteiger partial charge in [0.15, 0.2) is 0 Å². The number of benzene rings is 1. The first-order valence-electron chi connectivity index (χ1n) is 9.29. The molecule has 0 atom stereocenters. The van der Waals surface area contributed by atoms with Gasteiger partial charge in [-0.15, -0.1) is 0 Å². The Kier molecular flexibility index (Phi) is 11.0.